The number of benzene rings is 1. The molecule has 110 valence electrons. The summed E-state index contributed by atoms with van der Waals surface area (Å²) in [7, 11) is 1.52. The number of methoxy groups -OCH3 is 1. The fraction of sp³-hybridized carbons (Fsp3) is 0.429. The van der Waals surface area contributed by atoms with E-state index in [9.17, 15) is 9.59 Å². The van der Waals surface area contributed by atoms with Crippen molar-refractivity contribution in [3.05, 3.63) is 34.3 Å². The smallest absolute Gasteiger partial charge is 0.305 e. The molecule has 0 saturated carbocycles. The molecule has 0 aliphatic heterocycles. The molecule has 0 aliphatic rings. The minimum atomic E-state index is -0.961. The zero-order valence-corrected chi connectivity index (χ0v) is 13.0. The molecule has 2 N–H and O–H groups in total. The maximum Gasteiger partial charge on any atom is 0.305 e. The molecular formula is C14H18BrNO4. The van der Waals surface area contributed by atoms with E-state index >= 15 is 0 Å². The van der Waals surface area contributed by atoms with Gasteiger partial charge in [0, 0.05) is 11.6 Å². The van der Waals surface area contributed by atoms with Gasteiger partial charge in [-0.2, -0.15) is 0 Å². The number of ether oxygens (including phenoxy) is 1. The lowest BCUT2D eigenvalue weighted by Gasteiger charge is -2.20. The molecule has 1 aromatic rings. The molecule has 0 aromatic heterocycles. The first-order valence-electron chi connectivity index (χ1n) is 6.20. The van der Waals surface area contributed by atoms with E-state index in [1.165, 1.54) is 7.11 Å². The van der Waals surface area contributed by atoms with Crippen LogP contribution >= 0.6 is 15.9 Å². The van der Waals surface area contributed by atoms with Crippen molar-refractivity contribution in [2.45, 2.75) is 19.4 Å². The van der Waals surface area contributed by atoms with E-state index in [0.29, 0.717) is 6.61 Å². The van der Waals surface area contributed by atoms with E-state index in [-0.39, 0.29) is 18.2 Å². The van der Waals surface area contributed by atoms with E-state index < -0.39 is 12.0 Å². The molecule has 0 aliphatic carbocycles. The first-order chi connectivity index (χ1) is 9.43. The van der Waals surface area contributed by atoms with Gasteiger partial charge in [-0.3, -0.25) is 9.59 Å². The van der Waals surface area contributed by atoms with Gasteiger partial charge in [-0.1, -0.05) is 35.0 Å². The Hall–Kier alpha value is -1.40. The average molecular weight is 344 g/mol. The van der Waals surface area contributed by atoms with Gasteiger partial charge in [-0.15, -0.1) is 0 Å². The highest BCUT2D eigenvalue weighted by atomic mass is 79.9. The summed E-state index contributed by atoms with van der Waals surface area (Å²) in [4.78, 5) is 22.9. The Morgan fingerprint density at radius 2 is 1.95 bits per heavy atom. The van der Waals surface area contributed by atoms with E-state index in [0.717, 1.165) is 10.0 Å². The van der Waals surface area contributed by atoms with Gasteiger partial charge >= 0.3 is 5.97 Å². The zero-order valence-electron chi connectivity index (χ0n) is 11.4. The molecule has 2 atom stereocenters. The molecule has 0 bridgehead atoms. The number of carbonyl (C=O) groups is 2. The molecule has 1 amide bonds. The average Bonchev–Trinajstić information content (AvgIpc) is 2.38. The Kier molecular flexibility index (Phi) is 6.67. The first kappa shape index (κ1) is 16.7. The molecular weight excluding hydrogens is 326 g/mol. The highest BCUT2D eigenvalue weighted by molar-refractivity contribution is 9.10. The minimum absolute atomic E-state index is 0.160. The van der Waals surface area contributed by atoms with Crippen LogP contribution in [0.3, 0.4) is 0 Å². The molecule has 6 heteroatoms. The van der Waals surface area contributed by atoms with Crippen molar-refractivity contribution in [3.63, 3.8) is 0 Å². The highest BCUT2D eigenvalue weighted by Gasteiger charge is 2.21. The van der Waals surface area contributed by atoms with Crippen LogP contribution in [0.2, 0.25) is 0 Å². The molecule has 20 heavy (non-hydrogen) atoms. The number of hydrogen-bond donors (Lipinski definition) is 2. The van der Waals surface area contributed by atoms with Gasteiger partial charge in [-0.25, -0.2) is 0 Å². The Morgan fingerprint density at radius 3 is 2.45 bits per heavy atom. The van der Waals surface area contributed by atoms with Crippen LogP contribution in [-0.2, 0) is 14.3 Å². The fourth-order valence-electron chi connectivity index (χ4n) is 1.76. The van der Waals surface area contributed by atoms with Crippen LogP contribution < -0.4 is 5.32 Å². The van der Waals surface area contributed by atoms with Crippen LogP contribution in [0.15, 0.2) is 28.7 Å². The van der Waals surface area contributed by atoms with Gasteiger partial charge in [-0.05, 0) is 17.7 Å². The van der Waals surface area contributed by atoms with Crippen molar-refractivity contribution in [1.29, 1.82) is 0 Å². The standard InChI is InChI=1S/C14H18BrNO4/c1-9(8-20-2)14(19)16-12(7-13(17)18)10-3-5-11(15)6-4-10/h3-6,9,12H,7-8H2,1-2H3,(H,16,19)(H,17,18). The molecule has 0 heterocycles. The molecule has 0 spiro atoms. The van der Waals surface area contributed by atoms with Crippen molar-refractivity contribution in [2.75, 3.05) is 13.7 Å². The first-order valence-corrected chi connectivity index (χ1v) is 7.00. The number of rotatable bonds is 7. The maximum atomic E-state index is 12.0. The molecule has 0 radical (unpaired) electrons. The van der Waals surface area contributed by atoms with E-state index in [4.69, 9.17) is 9.84 Å². The van der Waals surface area contributed by atoms with Gasteiger partial charge in [0.05, 0.1) is 25.0 Å². The third kappa shape index (κ3) is 5.30. The Morgan fingerprint density at radius 1 is 1.35 bits per heavy atom. The number of hydrogen-bond acceptors (Lipinski definition) is 3. The third-order valence-corrected chi connectivity index (χ3v) is 3.36. The lowest BCUT2D eigenvalue weighted by Crippen LogP contribution is -2.35. The largest absolute Gasteiger partial charge is 0.481 e. The number of amides is 1. The van der Waals surface area contributed by atoms with E-state index in [1.54, 1.807) is 19.1 Å². The van der Waals surface area contributed by atoms with Crippen molar-refractivity contribution in [3.8, 4) is 0 Å². The van der Waals surface area contributed by atoms with Crippen molar-refractivity contribution < 1.29 is 19.4 Å². The third-order valence-electron chi connectivity index (χ3n) is 2.83. The Labute approximate surface area is 126 Å². The number of aliphatic carboxylic acids is 1. The number of carboxylic acid groups (broad SMARTS) is 1. The second-order valence-corrected chi connectivity index (χ2v) is 5.48. The van der Waals surface area contributed by atoms with Crippen LogP contribution in [-0.4, -0.2) is 30.7 Å². The summed E-state index contributed by atoms with van der Waals surface area (Å²) < 4.78 is 5.82. The molecule has 1 rings (SSSR count). The van der Waals surface area contributed by atoms with Crippen molar-refractivity contribution >= 4 is 27.8 Å². The van der Waals surface area contributed by atoms with Crippen LogP contribution in [0.25, 0.3) is 0 Å². The van der Waals surface area contributed by atoms with Gasteiger partial charge in [0.1, 0.15) is 0 Å². The molecule has 0 saturated heterocycles. The van der Waals surface area contributed by atoms with Crippen molar-refractivity contribution in [1.82, 2.24) is 5.32 Å². The molecule has 0 fully saturated rings. The predicted molar refractivity (Wildman–Crippen MR) is 78.3 cm³/mol. The number of nitrogens with one attached hydrogen (secondary N) is 1. The summed E-state index contributed by atoms with van der Waals surface area (Å²) in [6.45, 7) is 2.03. The lowest BCUT2D eigenvalue weighted by atomic mass is 10.0. The summed E-state index contributed by atoms with van der Waals surface area (Å²) in [6, 6.07) is 6.66. The van der Waals surface area contributed by atoms with Gasteiger partial charge < -0.3 is 15.2 Å². The number of carboxylic acids is 1. The van der Waals surface area contributed by atoms with Gasteiger partial charge in [0.25, 0.3) is 0 Å². The zero-order chi connectivity index (χ0) is 15.1. The second-order valence-electron chi connectivity index (χ2n) is 4.57. The SMILES string of the molecule is COCC(C)C(=O)NC(CC(=O)O)c1ccc(Br)cc1. The summed E-state index contributed by atoms with van der Waals surface area (Å²) in [6.07, 6.45) is -0.160. The van der Waals surface area contributed by atoms with Crippen molar-refractivity contribution in [2.24, 2.45) is 5.92 Å². The topological polar surface area (TPSA) is 75.6 Å². The Balaban J connectivity index is 2.81. The van der Waals surface area contributed by atoms with Crippen LogP contribution in [0.1, 0.15) is 24.9 Å². The van der Waals surface area contributed by atoms with Crippen LogP contribution in [0.4, 0.5) is 0 Å². The second kappa shape index (κ2) is 8.01. The van der Waals surface area contributed by atoms with E-state index in [1.807, 2.05) is 12.1 Å². The van der Waals surface area contributed by atoms with Gasteiger partial charge in [0.15, 0.2) is 0 Å². The minimum Gasteiger partial charge on any atom is -0.481 e. The predicted octanol–water partition coefficient (Wildman–Crippen LogP) is 2.36. The molecule has 1 aromatic carbocycles. The number of halogens is 1. The molecule has 2 unspecified atom stereocenters. The number of carbonyl (C=O) groups excluding carboxylic acids is 1. The van der Waals surface area contributed by atoms with E-state index in [2.05, 4.69) is 21.2 Å². The summed E-state index contributed by atoms with van der Waals surface area (Å²) in [5.41, 5.74) is 0.758. The summed E-state index contributed by atoms with van der Waals surface area (Å²) in [5, 5.41) is 11.7. The van der Waals surface area contributed by atoms with Crippen LogP contribution in [0, 0.1) is 5.92 Å². The normalized spacial score (nSPS) is 13.6. The fourth-order valence-corrected chi connectivity index (χ4v) is 2.03. The maximum absolute atomic E-state index is 12.0. The Bertz CT molecular complexity index is 461. The molecule has 5 nitrogen and oxygen atoms in total. The highest BCUT2D eigenvalue weighted by Crippen LogP contribution is 2.20. The van der Waals surface area contributed by atoms with Crippen LogP contribution in [0.5, 0.6) is 0 Å². The van der Waals surface area contributed by atoms with Gasteiger partial charge in [0.2, 0.25) is 5.91 Å². The summed E-state index contributed by atoms with van der Waals surface area (Å²) >= 11 is 3.32. The quantitative estimate of drug-likeness (QED) is 0.796. The lowest BCUT2D eigenvalue weighted by molar-refractivity contribution is -0.138. The monoisotopic (exact) mass is 343 g/mol. The summed E-state index contributed by atoms with van der Waals surface area (Å²) in [5.74, 6) is -1.51.